The number of hydrogen-bond acceptors (Lipinski definition) is 2. The van der Waals surface area contributed by atoms with Crippen LogP contribution in [0, 0.1) is 0 Å². The summed E-state index contributed by atoms with van der Waals surface area (Å²) in [5.74, 6) is 0. The van der Waals surface area contributed by atoms with Gasteiger partial charge in [0.05, 0.1) is 0 Å². The zero-order valence-electron chi connectivity index (χ0n) is 12.7. The fraction of sp³-hybridized carbons (Fsp3) is 0.471. The number of ether oxygens (including phenoxy) is 1. The Bertz CT molecular complexity index is 420. The van der Waals surface area contributed by atoms with E-state index in [0.29, 0.717) is 0 Å². The van der Waals surface area contributed by atoms with Crippen LogP contribution >= 0.6 is 0 Å². The van der Waals surface area contributed by atoms with Gasteiger partial charge in [-0.25, -0.2) is 4.79 Å². The first-order valence-corrected chi connectivity index (χ1v) is 7.05. The molecule has 20 heavy (non-hydrogen) atoms. The van der Waals surface area contributed by atoms with Gasteiger partial charge >= 0.3 is 6.09 Å². The molecule has 0 radical (unpaired) electrons. The van der Waals surface area contributed by atoms with E-state index in [-0.39, 0.29) is 12.1 Å². The van der Waals surface area contributed by atoms with Gasteiger partial charge in [0, 0.05) is 6.04 Å². The van der Waals surface area contributed by atoms with Crippen LogP contribution in [0.1, 0.15) is 39.2 Å². The minimum Gasteiger partial charge on any atom is -0.444 e. The highest BCUT2D eigenvalue weighted by atomic mass is 16.6. The lowest BCUT2D eigenvalue weighted by Crippen LogP contribution is -2.39. The second kappa shape index (κ2) is 7.73. The zero-order valence-corrected chi connectivity index (χ0v) is 12.7. The van der Waals surface area contributed by atoms with Gasteiger partial charge in [0.1, 0.15) is 5.60 Å². The first kappa shape index (κ1) is 16.3. The molecule has 110 valence electrons. The molecule has 0 saturated heterocycles. The van der Waals surface area contributed by atoms with E-state index in [0.717, 1.165) is 19.3 Å². The van der Waals surface area contributed by atoms with Crippen LogP contribution in [-0.4, -0.2) is 17.7 Å². The third kappa shape index (κ3) is 6.98. The van der Waals surface area contributed by atoms with Crippen LogP contribution in [-0.2, 0) is 11.2 Å². The van der Waals surface area contributed by atoms with Crippen LogP contribution in [0.3, 0.4) is 0 Å². The molecule has 0 aliphatic carbocycles. The molecule has 1 N–H and O–H groups in total. The number of aryl methyl sites for hydroxylation is 1. The summed E-state index contributed by atoms with van der Waals surface area (Å²) in [7, 11) is 0. The molecule has 0 bridgehead atoms. The number of benzene rings is 1. The van der Waals surface area contributed by atoms with E-state index in [9.17, 15) is 4.79 Å². The van der Waals surface area contributed by atoms with E-state index in [4.69, 9.17) is 4.74 Å². The van der Waals surface area contributed by atoms with Crippen LogP contribution in [0.25, 0.3) is 0 Å². The molecule has 0 saturated carbocycles. The Morgan fingerprint density at radius 3 is 2.55 bits per heavy atom. The molecule has 1 atom stereocenters. The number of nitrogens with one attached hydrogen (secondary N) is 1. The van der Waals surface area contributed by atoms with E-state index in [1.165, 1.54) is 5.56 Å². The summed E-state index contributed by atoms with van der Waals surface area (Å²) in [5, 5.41) is 2.91. The third-order valence-electron chi connectivity index (χ3n) is 2.80. The standard InChI is InChI=1S/C17H25NO2/c1-5-9-15(18-16(19)20-17(2,3)4)13-12-14-10-7-6-8-11-14/h5-8,10-11,15H,1,9,12-13H2,2-4H3,(H,18,19)/t15-/m1/s1. The molecular weight excluding hydrogens is 250 g/mol. The number of amides is 1. The number of rotatable bonds is 6. The molecule has 0 aliphatic rings. The molecule has 1 aromatic rings. The molecule has 1 amide bonds. The highest BCUT2D eigenvalue weighted by molar-refractivity contribution is 5.68. The van der Waals surface area contributed by atoms with Gasteiger partial charge in [-0.2, -0.15) is 0 Å². The van der Waals surface area contributed by atoms with Crippen molar-refractivity contribution in [1.29, 1.82) is 0 Å². The van der Waals surface area contributed by atoms with Crippen molar-refractivity contribution in [2.75, 3.05) is 0 Å². The molecule has 3 heteroatoms. The highest BCUT2D eigenvalue weighted by Gasteiger charge is 2.18. The lowest BCUT2D eigenvalue weighted by molar-refractivity contribution is 0.0502. The van der Waals surface area contributed by atoms with Crippen molar-refractivity contribution in [3.63, 3.8) is 0 Å². The monoisotopic (exact) mass is 275 g/mol. The third-order valence-corrected chi connectivity index (χ3v) is 2.80. The van der Waals surface area contributed by atoms with Crippen molar-refractivity contribution in [1.82, 2.24) is 5.32 Å². The molecular formula is C17H25NO2. The minimum atomic E-state index is -0.470. The number of carbonyl (C=O) groups is 1. The maximum Gasteiger partial charge on any atom is 0.407 e. The van der Waals surface area contributed by atoms with Gasteiger partial charge in [0.15, 0.2) is 0 Å². The van der Waals surface area contributed by atoms with Gasteiger partial charge in [-0.05, 0) is 45.6 Å². The van der Waals surface area contributed by atoms with E-state index in [2.05, 4.69) is 24.0 Å². The summed E-state index contributed by atoms with van der Waals surface area (Å²) in [4.78, 5) is 11.8. The van der Waals surface area contributed by atoms with Crippen LogP contribution < -0.4 is 5.32 Å². The van der Waals surface area contributed by atoms with Crippen LogP contribution in [0.2, 0.25) is 0 Å². The quantitative estimate of drug-likeness (QED) is 0.794. The van der Waals surface area contributed by atoms with Crippen LogP contribution in [0.5, 0.6) is 0 Å². The van der Waals surface area contributed by atoms with Gasteiger partial charge in [0.25, 0.3) is 0 Å². The topological polar surface area (TPSA) is 38.3 Å². The largest absolute Gasteiger partial charge is 0.444 e. The van der Waals surface area contributed by atoms with Gasteiger partial charge in [0.2, 0.25) is 0 Å². The molecule has 0 aromatic heterocycles. The maximum atomic E-state index is 11.8. The average Bonchev–Trinajstić information content (AvgIpc) is 2.35. The van der Waals surface area contributed by atoms with Crippen LogP contribution in [0.15, 0.2) is 43.0 Å². The Morgan fingerprint density at radius 2 is 2.00 bits per heavy atom. The molecule has 1 rings (SSSR count). The van der Waals surface area contributed by atoms with E-state index in [1.54, 1.807) is 0 Å². The Morgan fingerprint density at radius 1 is 1.35 bits per heavy atom. The maximum absolute atomic E-state index is 11.8. The van der Waals surface area contributed by atoms with Gasteiger partial charge in [-0.3, -0.25) is 0 Å². The second-order valence-corrected chi connectivity index (χ2v) is 5.89. The van der Waals surface area contributed by atoms with E-state index in [1.807, 2.05) is 45.0 Å². The Labute approximate surface area is 122 Å². The predicted molar refractivity (Wildman–Crippen MR) is 82.7 cm³/mol. The fourth-order valence-corrected chi connectivity index (χ4v) is 1.91. The smallest absolute Gasteiger partial charge is 0.407 e. The van der Waals surface area contributed by atoms with Crippen molar-refractivity contribution in [2.24, 2.45) is 0 Å². The van der Waals surface area contributed by atoms with Gasteiger partial charge in [-0.15, -0.1) is 6.58 Å². The Balaban J connectivity index is 2.48. The van der Waals surface area contributed by atoms with Crippen molar-refractivity contribution < 1.29 is 9.53 Å². The molecule has 0 fully saturated rings. The molecule has 1 aromatic carbocycles. The predicted octanol–water partition coefficient (Wildman–Crippen LogP) is 4.09. The summed E-state index contributed by atoms with van der Waals surface area (Å²) >= 11 is 0. The van der Waals surface area contributed by atoms with Gasteiger partial charge < -0.3 is 10.1 Å². The summed E-state index contributed by atoms with van der Waals surface area (Å²) in [5.41, 5.74) is 0.801. The highest BCUT2D eigenvalue weighted by Crippen LogP contribution is 2.10. The van der Waals surface area contributed by atoms with Crippen molar-refractivity contribution in [2.45, 2.75) is 51.7 Å². The van der Waals surface area contributed by atoms with Gasteiger partial charge in [-0.1, -0.05) is 36.4 Å². The minimum absolute atomic E-state index is 0.0579. The first-order valence-electron chi connectivity index (χ1n) is 7.05. The van der Waals surface area contributed by atoms with Crippen molar-refractivity contribution in [3.05, 3.63) is 48.6 Å². The number of carbonyl (C=O) groups excluding carboxylic acids is 1. The summed E-state index contributed by atoms with van der Waals surface area (Å²) < 4.78 is 5.28. The summed E-state index contributed by atoms with van der Waals surface area (Å²) in [6.45, 7) is 9.33. The van der Waals surface area contributed by atoms with E-state index < -0.39 is 5.60 Å². The average molecular weight is 275 g/mol. The Kier molecular flexibility index (Phi) is 6.29. The first-order chi connectivity index (χ1) is 9.40. The molecule has 0 spiro atoms. The van der Waals surface area contributed by atoms with E-state index >= 15 is 0 Å². The lowest BCUT2D eigenvalue weighted by atomic mass is 10.0. The molecule has 3 nitrogen and oxygen atoms in total. The summed E-state index contributed by atoms with van der Waals surface area (Å²) in [6.07, 6.45) is 4.00. The number of hydrogen-bond donors (Lipinski definition) is 1. The zero-order chi connectivity index (χ0) is 15.0. The normalized spacial score (nSPS) is 12.6. The lowest BCUT2D eigenvalue weighted by Gasteiger charge is -2.23. The SMILES string of the molecule is C=CC[C@H](CCc1ccccc1)NC(=O)OC(C)(C)C. The number of alkyl carbamates (subject to hydrolysis) is 1. The van der Waals surface area contributed by atoms with Crippen molar-refractivity contribution >= 4 is 6.09 Å². The molecule has 0 aliphatic heterocycles. The van der Waals surface area contributed by atoms with Crippen molar-refractivity contribution in [3.8, 4) is 0 Å². The molecule has 0 heterocycles. The molecule has 0 unspecified atom stereocenters. The second-order valence-electron chi connectivity index (χ2n) is 5.89. The summed E-state index contributed by atoms with van der Waals surface area (Å²) in [6, 6.07) is 10.3. The Hall–Kier alpha value is -1.77. The van der Waals surface area contributed by atoms with Crippen LogP contribution in [0.4, 0.5) is 4.79 Å². The fourth-order valence-electron chi connectivity index (χ4n) is 1.91.